The maximum Gasteiger partial charge on any atom is 0.228 e. The number of rotatable bonds is 3. The van der Waals surface area contributed by atoms with Gasteiger partial charge in [0.2, 0.25) is 9.70 Å². The van der Waals surface area contributed by atoms with E-state index in [4.69, 9.17) is 34.8 Å². The third-order valence-corrected chi connectivity index (χ3v) is 4.39. The number of fused-ring (bicyclic) bond motifs is 1. The fourth-order valence-electron chi connectivity index (χ4n) is 1.49. The summed E-state index contributed by atoms with van der Waals surface area (Å²) in [5.41, 5.74) is 0.826. The third-order valence-electron chi connectivity index (χ3n) is 2.29. The number of nitrogens with one attached hydrogen (secondary N) is 2. The van der Waals surface area contributed by atoms with Gasteiger partial charge in [0.25, 0.3) is 0 Å². The van der Waals surface area contributed by atoms with Crippen molar-refractivity contribution >= 4 is 83.3 Å². The van der Waals surface area contributed by atoms with Crippen molar-refractivity contribution in [3.63, 3.8) is 0 Å². The van der Waals surface area contributed by atoms with Gasteiger partial charge >= 0.3 is 0 Å². The molecule has 0 radical (unpaired) electrons. The van der Waals surface area contributed by atoms with Crippen molar-refractivity contribution < 1.29 is 4.79 Å². The Morgan fingerprint density at radius 2 is 2.15 bits per heavy atom. The van der Waals surface area contributed by atoms with Gasteiger partial charge in [0, 0.05) is 11.4 Å². The first-order chi connectivity index (χ1) is 9.25. The topological polar surface area (TPSA) is 54.0 Å². The Balaban J connectivity index is 2.26. The largest absolute Gasteiger partial charge is 0.338 e. The van der Waals surface area contributed by atoms with Gasteiger partial charge in [0.05, 0.1) is 10.2 Å². The molecule has 0 fully saturated rings. The number of nitrogens with zero attached hydrogens (tertiary/aromatic N) is 1. The van der Waals surface area contributed by atoms with Gasteiger partial charge in [0.15, 0.2) is 5.13 Å². The molecule has 1 atom stereocenters. The van der Waals surface area contributed by atoms with Crippen LogP contribution in [0.2, 0.25) is 0 Å². The number of alkyl halides is 3. The van der Waals surface area contributed by atoms with Crippen molar-refractivity contribution in [2.24, 2.45) is 0 Å². The molecule has 2 aromatic rings. The van der Waals surface area contributed by atoms with Crippen LogP contribution in [-0.2, 0) is 4.79 Å². The Bertz CT molecular complexity index is 643. The van der Waals surface area contributed by atoms with Crippen molar-refractivity contribution in [2.45, 2.75) is 16.9 Å². The average Bonchev–Trinajstić information content (AvgIpc) is 2.67. The number of thiazole rings is 1. The zero-order valence-corrected chi connectivity index (χ0v) is 14.8. The smallest absolute Gasteiger partial charge is 0.228 e. The number of amides is 1. The second kappa shape index (κ2) is 6.23. The van der Waals surface area contributed by atoms with Crippen LogP contribution in [0.4, 0.5) is 5.13 Å². The first kappa shape index (κ1) is 16.1. The Hall–Kier alpha value is -0.270. The molecule has 0 bridgehead atoms. The van der Waals surface area contributed by atoms with E-state index in [1.165, 1.54) is 18.3 Å². The highest BCUT2D eigenvalue weighted by Gasteiger charge is 2.34. The predicted molar refractivity (Wildman–Crippen MR) is 88.8 cm³/mol. The van der Waals surface area contributed by atoms with Crippen molar-refractivity contribution in [1.82, 2.24) is 10.3 Å². The molecule has 1 heterocycles. The molecular formula is C11H9BrCl3N3OS. The van der Waals surface area contributed by atoms with Crippen LogP contribution in [0.25, 0.3) is 10.2 Å². The quantitative estimate of drug-likeness (QED) is 0.578. The highest BCUT2D eigenvalue weighted by Crippen LogP contribution is 2.34. The highest BCUT2D eigenvalue weighted by molar-refractivity contribution is 9.10. The second-order valence-electron chi connectivity index (χ2n) is 3.95. The van der Waals surface area contributed by atoms with Gasteiger partial charge < -0.3 is 10.6 Å². The van der Waals surface area contributed by atoms with Gasteiger partial charge in [-0.3, -0.25) is 4.79 Å². The molecule has 20 heavy (non-hydrogen) atoms. The maximum atomic E-state index is 11.2. The first-order valence-corrected chi connectivity index (χ1v) is 8.16. The highest BCUT2D eigenvalue weighted by atomic mass is 79.9. The monoisotopic (exact) mass is 415 g/mol. The number of hydrogen-bond acceptors (Lipinski definition) is 4. The summed E-state index contributed by atoms with van der Waals surface area (Å²) in [5, 5.41) is 6.02. The number of halogens is 4. The minimum atomic E-state index is -1.69. The van der Waals surface area contributed by atoms with E-state index in [2.05, 4.69) is 31.5 Å². The van der Waals surface area contributed by atoms with E-state index in [0.29, 0.717) is 5.13 Å². The minimum Gasteiger partial charge on any atom is -0.338 e. The van der Waals surface area contributed by atoms with Crippen LogP contribution in [0, 0.1) is 0 Å². The van der Waals surface area contributed by atoms with Gasteiger partial charge in [-0.1, -0.05) is 62.1 Å². The first-order valence-electron chi connectivity index (χ1n) is 5.42. The summed E-state index contributed by atoms with van der Waals surface area (Å²) < 4.78 is 0.247. The summed E-state index contributed by atoms with van der Waals surface area (Å²) in [5.74, 6) is -0.308. The van der Waals surface area contributed by atoms with Crippen LogP contribution >= 0.6 is 62.1 Å². The Morgan fingerprint density at radius 3 is 2.75 bits per heavy atom. The van der Waals surface area contributed by atoms with Crippen molar-refractivity contribution in [1.29, 1.82) is 0 Å². The van der Waals surface area contributed by atoms with E-state index in [1.54, 1.807) is 0 Å². The lowest BCUT2D eigenvalue weighted by atomic mass is 10.3. The van der Waals surface area contributed by atoms with Gasteiger partial charge in [-0.05, 0) is 18.2 Å². The number of aromatic nitrogens is 1. The lowest BCUT2D eigenvalue weighted by Gasteiger charge is -2.25. The second-order valence-corrected chi connectivity index (χ2v) is 8.27. The summed E-state index contributed by atoms with van der Waals surface area (Å²) in [6.07, 6.45) is -0.867. The summed E-state index contributed by atoms with van der Waals surface area (Å²) in [7, 11) is 0. The molecule has 2 N–H and O–H groups in total. The molecule has 1 aromatic heterocycles. The number of carbonyl (C=O) groups excluding carboxylic acids is 1. The molecule has 0 aliphatic rings. The molecule has 4 nitrogen and oxygen atoms in total. The third kappa shape index (κ3) is 4.11. The molecule has 0 saturated heterocycles. The van der Waals surface area contributed by atoms with E-state index < -0.39 is 9.96 Å². The van der Waals surface area contributed by atoms with E-state index >= 15 is 0 Å². The molecule has 0 unspecified atom stereocenters. The number of anilines is 1. The van der Waals surface area contributed by atoms with Crippen LogP contribution in [0.3, 0.4) is 0 Å². The molecular weight excluding hydrogens is 408 g/mol. The minimum absolute atomic E-state index is 0.308. The van der Waals surface area contributed by atoms with Crippen molar-refractivity contribution in [3.05, 3.63) is 22.7 Å². The average molecular weight is 418 g/mol. The van der Waals surface area contributed by atoms with Crippen LogP contribution in [0.5, 0.6) is 0 Å². The van der Waals surface area contributed by atoms with E-state index in [9.17, 15) is 4.79 Å². The van der Waals surface area contributed by atoms with Crippen LogP contribution in [0.1, 0.15) is 6.92 Å². The zero-order valence-electron chi connectivity index (χ0n) is 10.1. The molecule has 108 valence electrons. The fourth-order valence-corrected chi connectivity index (χ4v) is 3.26. The number of hydrogen-bond donors (Lipinski definition) is 2. The maximum absolute atomic E-state index is 11.2. The van der Waals surface area contributed by atoms with Crippen LogP contribution < -0.4 is 10.6 Å². The Labute approximate surface area is 142 Å². The van der Waals surface area contributed by atoms with Crippen molar-refractivity contribution in [2.75, 3.05) is 5.32 Å². The van der Waals surface area contributed by atoms with Crippen molar-refractivity contribution in [3.8, 4) is 0 Å². The summed E-state index contributed by atoms with van der Waals surface area (Å²) in [6.45, 7) is 1.35. The van der Waals surface area contributed by atoms with Gasteiger partial charge in [-0.25, -0.2) is 4.98 Å². The molecule has 2 rings (SSSR count). The van der Waals surface area contributed by atoms with Crippen LogP contribution in [-0.4, -0.2) is 20.8 Å². The predicted octanol–water partition coefficient (Wildman–Crippen LogP) is 4.30. The van der Waals surface area contributed by atoms with Gasteiger partial charge in [-0.2, -0.15) is 0 Å². The van der Waals surface area contributed by atoms with E-state index in [-0.39, 0.29) is 5.91 Å². The molecule has 0 aliphatic heterocycles. The standard InChI is InChI=1S/C11H9BrCl3N3OS/c1-5(19)16-9(11(13,14)15)18-10-17-7-3-2-6(12)4-8(7)20-10/h2-4,9H,1H3,(H,16,19)(H,17,18)/t9-/m0/s1. The zero-order chi connectivity index (χ0) is 14.9. The lowest BCUT2D eigenvalue weighted by molar-refractivity contribution is -0.119. The summed E-state index contributed by atoms with van der Waals surface area (Å²) >= 11 is 22.3. The summed E-state index contributed by atoms with van der Waals surface area (Å²) in [6, 6.07) is 5.72. The molecule has 1 amide bonds. The normalized spacial score (nSPS) is 13.2. The van der Waals surface area contributed by atoms with E-state index in [1.807, 2.05) is 18.2 Å². The van der Waals surface area contributed by atoms with E-state index in [0.717, 1.165) is 14.7 Å². The summed E-state index contributed by atoms with van der Waals surface area (Å²) in [4.78, 5) is 15.5. The molecule has 1 aromatic carbocycles. The molecule has 0 spiro atoms. The molecule has 9 heteroatoms. The molecule has 0 saturated carbocycles. The number of carbonyl (C=O) groups is 1. The number of benzene rings is 1. The van der Waals surface area contributed by atoms with Gasteiger partial charge in [0.1, 0.15) is 6.17 Å². The van der Waals surface area contributed by atoms with Gasteiger partial charge in [-0.15, -0.1) is 0 Å². The fraction of sp³-hybridized carbons (Fsp3) is 0.273. The Morgan fingerprint density at radius 1 is 1.45 bits per heavy atom. The lowest BCUT2D eigenvalue weighted by Crippen LogP contribution is -2.48. The SMILES string of the molecule is CC(=O)N[C@@H](Nc1nc2ccc(Br)cc2s1)C(Cl)(Cl)Cl. The molecule has 0 aliphatic carbocycles. The van der Waals surface area contributed by atoms with Crippen LogP contribution in [0.15, 0.2) is 22.7 Å². The Kier molecular flexibility index (Phi) is 5.02.